The van der Waals surface area contributed by atoms with Gasteiger partial charge in [0.25, 0.3) is 10.0 Å². The maximum absolute atomic E-state index is 12.8. The molecule has 0 aliphatic carbocycles. The van der Waals surface area contributed by atoms with Crippen LogP contribution in [0.1, 0.15) is 11.3 Å². The van der Waals surface area contributed by atoms with Crippen molar-refractivity contribution in [1.29, 1.82) is 0 Å². The van der Waals surface area contributed by atoms with Gasteiger partial charge in [0.05, 0.1) is 18.5 Å². The number of hydrogen-bond acceptors (Lipinski definition) is 5. The van der Waals surface area contributed by atoms with Crippen molar-refractivity contribution in [2.45, 2.75) is 18.7 Å². The van der Waals surface area contributed by atoms with E-state index >= 15 is 0 Å². The molecule has 0 spiro atoms. The summed E-state index contributed by atoms with van der Waals surface area (Å²) in [5.41, 5.74) is 2.63. The minimum absolute atomic E-state index is 0.0108. The number of sulfonamides is 1. The number of anilines is 1. The molecule has 0 radical (unpaired) electrons. The molecular weight excluding hydrogens is 376 g/mol. The van der Waals surface area contributed by atoms with Gasteiger partial charge in [0.15, 0.2) is 5.76 Å². The number of halogens is 1. The Hall–Kier alpha value is -2.51. The van der Waals surface area contributed by atoms with E-state index in [-0.39, 0.29) is 10.6 Å². The summed E-state index contributed by atoms with van der Waals surface area (Å²) in [5, 5.41) is 4.31. The number of methoxy groups -OCH3 is 1. The summed E-state index contributed by atoms with van der Waals surface area (Å²) in [6, 6.07) is 11.4. The number of nitrogens with one attached hydrogen (secondary N) is 1. The minimum atomic E-state index is -3.86. The molecule has 1 N–H and O–H groups in total. The largest absolute Gasteiger partial charge is 0.495 e. The van der Waals surface area contributed by atoms with E-state index in [1.165, 1.54) is 13.2 Å². The average molecular weight is 393 g/mol. The zero-order chi connectivity index (χ0) is 18.9. The van der Waals surface area contributed by atoms with Crippen molar-refractivity contribution in [3.8, 4) is 17.1 Å². The summed E-state index contributed by atoms with van der Waals surface area (Å²) in [5.74, 6) is 0.727. The molecule has 136 valence electrons. The second-order valence-corrected chi connectivity index (χ2v) is 7.83. The number of hydrogen-bond donors (Lipinski definition) is 1. The first-order chi connectivity index (χ1) is 12.3. The lowest BCUT2D eigenvalue weighted by molar-refractivity contribution is 0.402. The second kappa shape index (κ2) is 7.01. The van der Waals surface area contributed by atoms with Crippen LogP contribution in [-0.4, -0.2) is 20.7 Å². The minimum Gasteiger partial charge on any atom is -0.495 e. The predicted octanol–water partition coefficient (Wildman–Crippen LogP) is 4.42. The lowest BCUT2D eigenvalue weighted by Crippen LogP contribution is -2.14. The van der Waals surface area contributed by atoms with Crippen molar-refractivity contribution in [3.63, 3.8) is 0 Å². The molecule has 3 aromatic rings. The van der Waals surface area contributed by atoms with E-state index in [9.17, 15) is 8.42 Å². The Morgan fingerprint density at radius 3 is 2.50 bits per heavy atom. The van der Waals surface area contributed by atoms with Crippen molar-refractivity contribution < 1.29 is 17.7 Å². The Bertz CT molecular complexity index is 1060. The number of rotatable bonds is 5. The Morgan fingerprint density at radius 2 is 1.88 bits per heavy atom. The predicted molar refractivity (Wildman–Crippen MR) is 100 cm³/mol. The van der Waals surface area contributed by atoms with Gasteiger partial charge >= 0.3 is 0 Å². The molecule has 0 aliphatic heterocycles. The van der Waals surface area contributed by atoms with E-state index in [0.29, 0.717) is 22.0 Å². The van der Waals surface area contributed by atoms with Crippen LogP contribution in [0.3, 0.4) is 0 Å². The van der Waals surface area contributed by atoms with Crippen LogP contribution in [0, 0.1) is 13.8 Å². The number of aryl methyl sites for hydroxylation is 2. The van der Waals surface area contributed by atoms with Crippen LogP contribution < -0.4 is 9.46 Å². The summed E-state index contributed by atoms with van der Waals surface area (Å²) < 4.78 is 38.5. The molecule has 1 aromatic heterocycles. The van der Waals surface area contributed by atoms with Gasteiger partial charge in [-0.25, -0.2) is 8.42 Å². The molecule has 8 heteroatoms. The molecular formula is C18H17ClN2O4S. The summed E-state index contributed by atoms with van der Waals surface area (Å²) in [6.45, 7) is 3.65. The third-order valence-electron chi connectivity index (χ3n) is 3.79. The molecule has 0 amide bonds. The molecule has 6 nitrogen and oxygen atoms in total. The first-order valence-corrected chi connectivity index (χ1v) is 9.57. The first kappa shape index (κ1) is 18.3. The summed E-state index contributed by atoms with van der Waals surface area (Å²) >= 11 is 6.06. The van der Waals surface area contributed by atoms with Gasteiger partial charge in [-0.15, -0.1) is 0 Å². The quantitative estimate of drug-likeness (QED) is 0.695. The zero-order valence-corrected chi connectivity index (χ0v) is 16.0. The third-order valence-corrected chi connectivity index (χ3v) is 5.62. The van der Waals surface area contributed by atoms with E-state index < -0.39 is 10.0 Å². The highest BCUT2D eigenvalue weighted by atomic mass is 35.5. The summed E-state index contributed by atoms with van der Waals surface area (Å²) in [7, 11) is -2.45. The SMILES string of the molecule is COc1cc(-c2cc(C)no2)ccc1S(=O)(=O)Nc1ccc(C)c(Cl)c1. The van der Waals surface area contributed by atoms with Crippen LogP contribution in [0.2, 0.25) is 5.02 Å². The number of aromatic nitrogens is 1. The van der Waals surface area contributed by atoms with Gasteiger partial charge in [-0.3, -0.25) is 4.72 Å². The van der Waals surface area contributed by atoms with Gasteiger partial charge in [0.1, 0.15) is 10.6 Å². The molecule has 0 saturated heterocycles. The molecule has 26 heavy (non-hydrogen) atoms. The lowest BCUT2D eigenvalue weighted by Gasteiger charge is -2.13. The van der Waals surface area contributed by atoms with Crippen molar-refractivity contribution >= 4 is 27.3 Å². The lowest BCUT2D eigenvalue weighted by atomic mass is 10.1. The molecule has 0 saturated carbocycles. The molecule has 0 bridgehead atoms. The number of ether oxygens (including phenoxy) is 1. The summed E-state index contributed by atoms with van der Waals surface area (Å²) in [6.07, 6.45) is 0. The van der Waals surface area contributed by atoms with Gasteiger partial charge in [0, 0.05) is 16.7 Å². The maximum Gasteiger partial charge on any atom is 0.265 e. The Kier molecular flexibility index (Phi) is 4.93. The fourth-order valence-electron chi connectivity index (χ4n) is 2.41. The number of nitrogens with zero attached hydrogens (tertiary/aromatic N) is 1. The molecule has 3 rings (SSSR count). The average Bonchev–Trinajstić information content (AvgIpc) is 3.04. The Balaban J connectivity index is 1.97. The second-order valence-electron chi connectivity index (χ2n) is 5.77. The van der Waals surface area contributed by atoms with Crippen LogP contribution in [-0.2, 0) is 10.0 Å². The van der Waals surface area contributed by atoms with Crippen molar-refractivity contribution in [2.24, 2.45) is 0 Å². The van der Waals surface area contributed by atoms with Gasteiger partial charge in [-0.05, 0) is 49.7 Å². The summed E-state index contributed by atoms with van der Waals surface area (Å²) in [4.78, 5) is 0.0108. The zero-order valence-electron chi connectivity index (χ0n) is 14.4. The smallest absolute Gasteiger partial charge is 0.265 e. The van der Waals surface area contributed by atoms with Crippen LogP contribution in [0.25, 0.3) is 11.3 Å². The van der Waals surface area contributed by atoms with Gasteiger partial charge < -0.3 is 9.26 Å². The van der Waals surface area contributed by atoms with Crippen LogP contribution in [0.4, 0.5) is 5.69 Å². The molecule has 0 unspecified atom stereocenters. The van der Waals surface area contributed by atoms with Crippen molar-refractivity contribution in [3.05, 3.63) is 58.7 Å². The first-order valence-electron chi connectivity index (χ1n) is 7.71. The van der Waals surface area contributed by atoms with E-state index in [1.807, 2.05) is 6.92 Å². The molecule has 0 aliphatic rings. The van der Waals surface area contributed by atoms with Crippen LogP contribution >= 0.6 is 11.6 Å². The van der Waals surface area contributed by atoms with E-state index in [2.05, 4.69) is 9.88 Å². The monoisotopic (exact) mass is 392 g/mol. The highest BCUT2D eigenvalue weighted by molar-refractivity contribution is 7.92. The topological polar surface area (TPSA) is 81.4 Å². The standard InChI is InChI=1S/C18H17ClN2O4S/c1-11-4-6-14(10-15(11)19)21-26(22,23)18-7-5-13(9-17(18)24-3)16-8-12(2)20-25-16/h4-10,21H,1-3H3. The maximum atomic E-state index is 12.8. The van der Waals surface area contributed by atoms with E-state index in [4.69, 9.17) is 20.9 Å². The highest BCUT2D eigenvalue weighted by Gasteiger charge is 2.21. The van der Waals surface area contributed by atoms with Gasteiger partial charge in [-0.2, -0.15) is 0 Å². The van der Waals surface area contributed by atoms with Crippen molar-refractivity contribution in [2.75, 3.05) is 11.8 Å². The van der Waals surface area contributed by atoms with Gasteiger partial charge in [-0.1, -0.05) is 22.8 Å². The molecule has 1 heterocycles. The Labute approximate surface area is 156 Å². The van der Waals surface area contributed by atoms with Gasteiger partial charge in [0.2, 0.25) is 0 Å². The highest BCUT2D eigenvalue weighted by Crippen LogP contribution is 2.32. The third kappa shape index (κ3) is 3.68. The molecule has 2 aromatic carbocycles. The normalized spacial score (nSPS) is 11.4. The van der Waals surface area contributed by atoms with E-state index in [0.717, 1.165) is 11.3 Å². The van der Waals surface area contributed by atoms with Crippen molar-refractivity contribution in [1.82, 2.24) is 5.16 Å². The molecule has 0 atom stereocenters. The van der Waals surface area contributed by atoms with Crippen LogP contribution in [0.15, 0.2) is 51.9 Å². The number of benzene rings is 2. The molecule has 0 fully saturated rings. The fraction of sp³-hybridized carbons (Fsp3) is 0.167. The van der Waals surface area contributed by atoms with E-state index in [1.54, 1.807) is 43.3 Å². The Morgan fingerprint density at radius 1 is 1.12 bits per heavy atom. The van der Waals surface area contributed by atoms with Crippen LogP contribution in [0.5, 0.6) is 5.75 Å². The fourth-order valence-corrected chi connectivity index (χ4v) is 3.79.